The number of rotatable bonds is 14. The van der Waals surface area contributed by atoms with Gasteiger partial charge in [-0.3, -0.25) is 9.59 Å². The fourth-order valence-electron chi connectivity index (χ4n) is 5.26. The number of fused-ring (bicyclic) bond motifs is 1. The largest absolute Gasteiger partial charge is 0.497 e. The van der Waals surface area contributed by atoms with Crippen molar-refractivity contribution in [1.82, 2.24) is 26.2 Å². The monoisotopic (exact) mass is 663 g/mol. The number of carbonyl (C=O) groups excluding carboxylic acids is 3. The number of methoxy groups -OCH3 is 1. The van der Waals surface area contributed by atoms with Crippen LogP contribution >= 0.6 is 11.8 Å². The van der Waals surface area contributed by atoms with Crippen LogP contribution in [0.5, 0.6) is 5.75 Å². The minimum atomic E-state index is -0.872. The summed E-state index contributed by atoms with van der Waals surface area (Å²) in [7, 11) is 1.59. The van der Waals surface area contributed by atoms with Crippen molar-refractivity contribution in [3.63, 3.8) is 0 Å². The summed E-state index contributed by atoms with van der Waals surface area (Å²) in [5.74, 6) is 0.135. The maximum atomic E-state index is 14.1. The third-order valence-corrected chi connectivity index (χ3v) is 8.84. The molecule has 1 aliphatic heterocycles. The first kappa shape index (κ1) is 35.7. The van der Waals surface area contributed by atoms with Crippen molar-refractivity contribution in [1.29, 1.82) is 0 Å². The molecule has 0 aromatic heterocycles. The Balaban J connectivity index is 1.60. The second-order valence-corrected chi connectivity index (χ2v) is 13.4. The summed E-state index contributed by atoms with van der Waals surface area (Å²) in [5.41, 5.74) is 4.00. The van der Waals surface area contributed by atoms with Crippen LogP contribution in [0.1, 0.15) is 43.9 Å². The number of hydrogen-bond acceptors (Lipinski definition) is 8. The topological polar surface area (TPSA) is 152 Å². The normalized spacial score (nSPS) is 15.3. The molecule has 0 saturated carbocycles. The third kappa shape index (κ3) is 10.4. The SMILES string of the molecule is COc1ccc2c(c1)S[C@@H](NC(=O)CC(C)(C)NC[C@@H](C)O)C(=O)N(Cc1ccc(-c3ccccc3)c(CNC(=O)NCCO)c1)C2. The fourth-order valence-corrected chi connectivity index (χ4v) is 6.42. The zero-order valence-electron chi connectivity index (χ0n) is 27.3. The summed E-state index contributed by atoms with van der Waals surface area (Å²) >= 11 is 1.29. The Bertz CT molecular complexity index is 1530. The predicted octanol–water partition coefficient (Wildman–Crippen LogP) is 3.37. The van der Waals surface area contributed by atoms with Gasteiger partial charge < -0.3 is 41.1 Å². The van der Waals surface area contributed by atoms with Crippen molar-refractivity contribution < 1.29 is 29.3 Å². The number of nitrogens with one attached hydrogen (secondary N) is 4. The molecule has 2 atom stereocenters. The molecule has 0 unspecified atom stereocenters. The molecule has 3 aromatic carbocycles. The van der Waals surface area contributed by atoms with E-state index in [1.807, 2.05) is 80.6 Å². The molecule has 1 aliphatic rings. The first-order chi connectivity index (χ1) is 22.5. The molecule has 11 nitrogen and oxygen atoms in total. The lowest BCUT2D eigenvalue weighted by Gasteiger charge is -2.28. The standard InChI is InChI=1S/C35H45N5O6S/c1-23(42)19-38-35(2,3)18-31(43)39-32-33(44)40(22-26-11-12-28(46-4)17-30(26)47-32)21-24-10-13-29(25-8-6-5-7-9-25)27(16-24)20-37-34(45)36-14-15-41/h5-13,16-17,23,32,38,41-42H,14-15,18-22H2,1-4H3,(H,39,43)(H2,36,37,45)/t23-,32-/m1/s1. The molecule has 0 aliphatic carbocycles. The van der Waals surface area contributed by atoms with Crippen LogP contribution < -0.4 is 26.0 Å². The second kappa shape index (κ2) is 16.6. The number of aliphatic hydroxyl groups is 2. The van der Waals surface area contributed by atoms with Crippen LogP contribution in [-0.2, 0) is 29.2 Å². The average Bonchev–Trinajstić information content (AvgIpc) is 3.17. The van der Waals surface area contributed by atoms with Gasteiger partial charge in [0.25, 0.3) is 5.91 Å². The molecule has 47 heavy (non-hydrogen) atoms. The summed E-state index contributed by atoms with van der Waals surface area (Å²) in [5, 5.41) is 29.5. The maximum Gasteiger partial charge on any atom is 0.315 e. The van der Waals surface area contributed by atoms with E-state index in [0.29, 0.717) is 18.8 Å². The first-order valence-electron chi connectivity index (χ1n) is 15.6. The number of benzene rings is 3. The van der Waals surface area contributed by atoms with E-state index >= 15 is 0 Å². The molecule has 12 heteroatoms. The van der Waals surface area contributed by atoms with Crippen molar-refractivity contribution in [3.05, 3.63) is 83.4 Å². The molecule has 0 saturated heterocycles. The maximum absolute atomic E-state index is 14.1. The van der Waals surface area contributed by atoms with E-state index in [-0.39, 0.29) is 44.5 Å². The first-order valence-corrected chi connectivity index (χ1v) is 16.5. The van der Waals surface area contributed by atoms with Crippen LogP contribution in [-0.4, -0.2) is 76.8 Å². The van der Waals surface area contributed by atoms with Crippen LogP contribution in [0.2, 0.25) is 0 Å². The Morgan fingerprint density at radius 1 is 1.09 bits per heavy atom. The molecular weight excluding hydrogens is 618 g/mol. The molecular formula is C35H45N5O6S. The minimum absolute atomic E-state index is 0.109. The Morgan fingerprint density at radius 2 is 1.85 bits per heavy atom. The number of urea groups is 1. The lowest BCUT2D eigenvalue weighted by atomic mass is 9.97. The quantitative estimate of drug-likeness (QED) is 0.154. The molecule has 0 bridgehead atoms. The van der Waals surface area contributed by atoms with Gasteiger partial charge in [0.2, 0.25) is 5.91 Å². The number of β-amino-alcohol motifs (C(OH)–C–C–N with tert-alkyl or cyclic N) is 1. The van der Waals surface area contributed by atoms with E-state index in [1.54, 1.807) is 18.9 Å². The van der Waals surface area contributed by atoms with Crippen LogP contribution in [0.15, 0.2) is 71.6 Å². The molecule has 0 spiro atoms. The lowest BCUT2D eigenvalue weighted by Crippen LogP contribution is -2.50. The van der Waals surface area contributed by atoms with Gasteiger partial charge in [-0.15, -0.1) is 0 Å². The van der Waals surface area contributed by atoms with E-state index in [9.17, 15) is 19.5 Å². The summed E-state index contributed by atoms with van der Waals surface area (Å²) in [6, 6.07) is 21.1. The molecule has 4 rings (SSSR count). The van der Waals surface area contributed by atoms with Gasteiger partial charge in [0.05, 0.1) is 19.8 Å². The minimum Gasteiger partial charge on any atom is -0.497 e. The number of hydrogen-bond donors (Lipinski definition) is 6. The molecule has 3 aromatic rings. The van der Waals surface area contributed by atoms with Gasteiger partial charge in [0.1, 0.15) is 5.75 Å². The number of ether oxygens (including phenoxy) is 1. The highest BCUT2D eigenvalue weighted by Gasteiger charge is 2.33. The number of aliphatic hydroxyl groups excluding tert-OH is 2. The summed E-state index contributed by atoms with van der Waals surface area (Å²) in [4.78, 5) is 42.2. The van der Waals surface area contributed by atoms with Crippen LogP contribution in [0.25, 0.3) is 11.1 Å². The van der Waals surface area contributed by atoms with Gasteiger partial charge in [-0.2, -0.15) is 0 Å². The van der Waals surface area contributed by atoms with Gasteiger partial charge in [0.15, 0.2) is 5.37 Å². The van der Waals surface area contributed by atoms with E-state index in [0.717, 1.165) is 32.7 Å². The van der Waals surface area contributed by atoms with Crippen molar-refractivity contribution >= 4 is 29.6 Å². The lowest BCUT2D eigenvalue weighted by molar-refractivity contribution is -0.135. The number of nitrogens with zero attached hydrogens (tertiary/aromatic N) is 1. The Morgan fingerprint density at radius 3 is 2.55 bits per heavy atom. The van der Waals surface area contributed by atoms with E-state index in [2.05, 4.69) is 21.3 Å². The van der Waals surface area contributed by atoms with Gasteiger partial charge in [-0.1, -0.05) is 66.4 Å². The Hall–Kier alpha value is -4.10. The second-order valence-electron chi connectivity index (χ2n) is 12.2. The zero-order chi connectivity index (χ0) is 34.0. The molecule has 1 heterocycles. The van der Waals surface area contributed by atoms with Crippen molar-refractivity contribution in [2.45, 2.75) is 68.7 Å². The third-order valence-electron chi connectivity index (χ3n) is 7.65. The van der Waals surface area contributed by atoms with E-state index in [4.69, 9.17) is 9.84 Å². The smallest absolute Gasteiger partial charge is 0.315 e. The molecule has 4 amide bonds. The van der Waals surface area contributed by atoms with Crippen LogP contribution in [0, 0.1) is 0 Å². The zero-order valence-corrected chi connectivity index (χ0v) is 28.2. The number of thioether (sulfide) groups is 1. The summed E-state index contributed by atoms with van der Waals surface area (Å²) in [6.07, 6.45) is -0.448. The van der Waals surface area contributed by atoms with Crippen LogP contribution in [0.4, 0.5) is 4.79 Å². The van der Waals surface area contributed by atoms with Gasteiger partial charge in [-0.25, -0.2) is 4.79 Å². The van der Waals surface area contributed by atoms with Crippen molar-refractivity contribution in [2.24, 2.45) is 0 Å². The molecule has 0 radical (unpaired) electrons. The summed E-state index contributed by atoms with van der Waals surface area (Å²) < 4.78 is 5.45. The van der Waals surface area contributed by atoms with Crippen molar-refractivity contribution in [3.8, 4) is 16.9 Å². The van der Waals surface area contributed by atoms with Crippen LogP contribution in [0.3, 0.4) is 0 Å². The van der Waals surface area contributed by atoms with Gasteiger partial charge in [0, 0.05) is 49.6 Å². The van der Waals surface area contributed by atoms with E-state index in [1.165, 1.54) is 11.8 Å². The van der Waals surface area contributed by atoms with Gasteiger partial charge in [-0.05, 0) is 60.7 Å². The average molecular weight is 664 g/mol. The highest BCUT2D eigenvalue weighted by atomic mass is 32.2. The Labute approximate surface area is 280 Å². The van der Waals surface area contributed by atoms with E-state index < -0.39 is 23.0 Å². The molecule has 0 fully saturated rings. The highest BCUT2D eigenvalue weighted by molar-refractivity contribution is 8.00. The fraction of sp³-hybridized carbons (Fsp3) is 0.400. The molecule has 252 valence electrons. The highest BCUT2D eigenvalue weighted by Crippen LogP contribution is 2.35. The van der Waals surface area contributed by atoms with Crippen molar-refractivity contribution in [2.75, 3.05) is 26.8 Å². The number of carbonyl (C=O) groups is 3. The molecule has 6 N–H and O–H groups in total. The van der Waals surface area contributed by atoms with Gasteiger partial charge >= 0.3 is 6.03 Å². The Kier molecular flexibility index (Phi) is 12.7. The predicted molar refractivity (Wildman–Crippen MR) is 183 cm³/mol. The number of amides is 4. The summed E-state index contributed by atoms with van der Waals surface area (Å²) in [6.45, 7) is 6.61.